The molecule has 5 rings (SSSR count). The second kappa shape index (κ2) is 9.02. The van der Waals surface area contributed by atoms with E-state index in [0.717, 1.165) is 71.6 Å². The fraction of sp³-hybridized carbons (Fsp3) is 0.480. The summed E-state index contributed by atoms with van der Waals surface area (Å²) in [6.07, 6.45) is 7.61. The van der Waals surface area contributed by atoms with E-state index >= 15 is 0 Å². The van der Waals surface area contributed by atoms with Crippen LogP contribution in [0, 0.1) is 0 Å². The molecule has 1 aromatic carbocycles. The van der Waals surface area contributed by atoms with E-state index in [2.05, 4.69) is 0 Å². The summed E-state index contributed by atoms with van der Waals surface area (Å²) >= 11 is 3.28. The molecule has 168 valence electrons. The highest BCUT2D eigenvalue weighted by Crippen LogP contribution is 2.39. The monoisotopic (exact) mass is 468 g/mol. The van der Waals surface area contributed by atoms with Gasteiger partial charge in [-0.15, -0.1) is 11.3 Å². The molecule has 0 radical (unpaired) electrons. The summed E-state index contributed by atoms with van der Waals surface area (Å²) < 4.78 is 7.80. The van der Waals surface area contributed by atoms with Gasteiger partial charge in [-0.05, 0) is 69.7 Å². The third kappa shape index (κ3) is 3.90. The lowest BCUT2D eigenvalue weighted by Crippen LogP contribution is -2.26. The zero-order valence-corrected chi connectivity index (χ0v) is 20.2. The number of thioether (sulfide) groups is 1. The van der Waals surface area contributed by atoms with Crippen LogP contribution in [0.2, 0.25) is 0 Å². The van der Waals surface area contributed by atoms with Gasteiger partial charge in [0.25, 0.3) is 5.56 Å². The Morgan fingerprint density at radius 2 is 2.06 bits per heavy atom. The number of thiophene rings is 1. The lowest BCUT2D eigenvalue weighted by Gasteiger charge is -2.18. The minimum Gasteiger partial charge on any atom is -0.494 e. The van der Waals surface area contributed by atoms with Gasteiger partial charge in [0.2, 0.25) is 0 Å². The van der Waals surface area contributed by atoms with E-state index in [0.29, 0.717) is 17.9 Å². The molecule has 3 aromatic rings. The van der Waals surface area contributed by atoms with Crippen molar-refractivity contribution in [1.29, 1.82) is 0 Å². The van der Waals surface area contributed by atoms with Crippen LogP contribution in [-0.2, 0) is 18.6 Å². The quantitative estimate of drug-likeness (QED) is 0.243. The van der Waals surface area contributed by atoms with Gasteiger partial charge < -0.3 is 4.74 Å². The maximum Gasteiger partial charge on any atom is 0.263 e. The summed E-state index contributed by atoms with van der Waals surface area (Å²) in [6, 6.07) is 5.83. The Morgan fingerprint density at radius 3 is 2.81 bits per heavy atom. The molecule has 0 spiro atoms. The number of carbonyl (C=O) groups is 1. The van der Waals surface area contributed by atoms with Crippen molar-refractivity contribution in [3.8, 4) is 5.75 Å². The van der Waals surface area contributed by atoms with Crippen LogP contribution in [0.4, 0.5) is 0 Å². The summed E-state index contributed by atoms with van der Waals surface area (Å²) in [5.74, 6) is 1.43. The molecular formula is C25H28N2O3S2. The third-order valence-corrected chi connectivity index (χ3v) is 8.74. The second-order valence-corrected chi connectivity index (χ2v) is 10.7. The SMILES string of the molecule is CCOc1ccc(C(C)=O)cc1CSc1nc2sc3c(c2c(=O)n1C1CCCC1)CCC3. The van der Waals surface area contributed by atoms with Gasteiger partial charge in [0.15, 0.2) is 10.9 Å². The standard InChI is InChI=1S/C25H28N2O3S2/c1-3-30-20-12-11-16(15(2)28)13-17(20)14-31-25-26-23-22(19-9-6-10-21(19)32-23)24(29)27(25)18-7-4-5-8-18/h11-13,18H,3-10,14H2,1-2H3. The minimum atomic E-state index is 0.0369. The number of hydrogen-bond donors (Lipinski definition) is 0. The molecule has 32 heavy (non-hydrogen) atoms. The van der Waals surface area contributed by atoms with Crippen molar-refractivity contribution in [2.45, 2.75) is 75.7 Å². The van der Waals surface area contributed by atoms with E-state index in [4.69, 9.17) is 9.72 Å². The van der Waals surface area contributed by atoms with Crippen LogP contribution in [0.3, 0.4) is 0 Å². The summed E-state index contributed by atoms with van der Waals surface area (Å²) in [5, 5.41) is 1.66. The largest absolute Gasteiger partial charge is 0.494 e. The van der Waals surface area contributed by atoms with E-state index in [-0.39, 0.29) is 17.4 Å². The van der Waals surface area contributed by atoms with Gasteiger partial charge in [0.05, 0.1) is 12.0 Å². The Kier molecular flexibility index (Phi) is 6.12. The number of fused-ring (bicyclic) bond motifs is 3. The van der Waals surface area contributed by atoms with E-state index in [9.17, 15) is 9.59 Å². The van der Waals surface area contributed by atoms with Crippen LogP contribution in [-0.4, -0.2) is 21.9 Å². The van der Waals surface area contributed by atoms with Crippen molar-refractivity contribution in [2.24, 2.45) is 0 Å². The fourth-order valence-corrected chi connectivity index (χ4v) is 7.32. The van der Waals surface area contributed by atoms with Gasteiger partial charge in [-0.2, -0.15) is 0 Å². The lowest BCUT2D eigenvalue weighted by atomic mass is 10.1. The number of rotatable bonds is 7. The molecule has 0 saturated heterocycles. The van der Waals surface area contributed by atoms with E-state index in [1.165, 1.54) is 10.4 Å². The minimum absolute atomic E-state index is 0.0369. The number of aryl methyl sites for hydroxylation is 2. The Morgan fingerprint density at radius 1 is 1.25 bits per heavy atom. The highest BCUT2D eigenvalue weighted by atomic mass is 32.2. The Hall–Kier alpha value is -2.12. The van der Waals surface area contributed by atoms with Crippen LogP contribution in [0.15, 0.2) is 28.2 Å². The number of hydrogen-bond acceptors (Lipinski definition) is 6. The molecule has 1 saturated carbocycles. The first kappa shape index (κ1) is 21.7. The van der Waals surface area contributed by atoms with Gasteiger partial charge in [-0.25, -0.2) is 4.98 Å². The molecule has 2 heterocycles. The number of ketones is 1. The molecule has 0 bridgehead atoms. The van der Waals surface area contributed by atoms with Crippen LogP contribution in [0.5, 0.6) is 5.75 Å². The van der Waals surface area contributed by atoms with E-state index in [1.807, 2.05) is 29.7 Å². The maximum atomic E-state index is 13.7. The Labute approximate surface area is 196 Å². The molecule has 0 unspecified atom stereocenters. The van der Waals surface area contributed by atoms with Crippen LogP contribution < -0.4 is 10.3 Å². The van der Waals surface area contributed by atoms with Crippen LogP contribution in [0.1, 0.15) is 78.4 Å². The number of carbonyl (C=O) groups excluding carboxylic acids is 1. The second-order valence-electron chi connectivity index (χ2n) is 8.65. The van der Waals surface area contributed by atoms with Gasteiger partial charge in [-0.3, -0.25) is 14.2 Å². The molecule has 7 heteroatoms. The predicted molar refractivity (Wildman–Crippen MR) is 131 cm³/mol. The van der Waals surface area contributed by atoms with Gasteiger partial charge in [-0.1, -0.05) is 24.6 Å². The zero-order chi connectivity index (χ0) is 22.2. The van der Waals surface area contributed by atoms with Crippen molar-refractivity contribution in [1.82, 2.24) is 9.55 Å². The topological polar surface area (TPSA) is 61.2 Å². The predicted octanol–water partition coefficient (Wildman–Crippen LogP) is 5.96. The summed E-state index contributed by atoms with van der Waals surface area (Å²) in [6.45, 7) is 4.10. The van der Waals surface area contributed by atoms with Crippen molar-refractivity contribution >= 4 is 39.1 Å². The van der Waals surface area contributed by atoms with E-state index < -0.39 is 0 Å². The highest BCUT2D eigenvalue weighted by Gasteiger charge is 2.27. The summed E-state index contributed by atoms with van der Waals surface area (Å²) in [7, 11) is 0. The smallest absolute Gasteiger partial charge is 0.263 e. The average Bonchev–Trinajstić information content (AvgIpc) is 3.50. The maximum absolute atomic E-state index is 13.7. The first-order valence-electron chi connectivity index (χ1n) is 11.5. The average molecular weight is 469 g/mol. The Balaban J connectivity index is 1.56. The molecule has 2 aliphatic carbocycles. The normalized spacial score (nSPS) is 16.1. The van der Waals surface area contributed by atoms with Gasteiger partial charge >= 0.3 is 0 Å². The summed E-state index contributed by atoms with van der Waals surface area (Å²) in [4.78, 5) is 32.9. The number of Topliss-reactive ketones (excluding diaryl/α,β-unsaturated/α-hetero) is 1. The van der Waals surface area contributed by atoms with Crippen molar-refractivity contribution in [2.75, 3.05) is 6.61 Å². The molecule has 0 atom stereocenters. The lowest BCUT2D eigenvalue weighted by molar-refractivity contribution is 0.101. The molecule has 0 aliphatic heterocycles. The van der Waals surface area contributed by atoms with E-state index in [1.54, 1.807) is 30.0 Å². The summed E-state index contributed by atoms with van der Waals surface area (Å²) in [5.41, 5.74) is 3.03. The van der Waals surface area contributed by atoms with Crippen LogP contribution in [0.25, 0.3) is 10.2 Å². The third-order valence-electron chi connectivity index (χ3n) is 6.55. The molecule has 1 fully saturated rings. The van der Waals surface area contributed by atoms with Crippen LogP contribution >= 0.6 is 23.1 Å². The molecule has 2 aromatic heterocycles. The number of ether oxygens (including phenoxy) is 1. The first-order valence-corrected chi connectivity index (χ1v) is 13.3. The molecule has 5 nitrogen and oxygen atoms in total. The Bertz CT molecular complexity index is 1240. The zero-order valence-electron chi connectivity index (χ0n) is 18.6. The van der Waals surface area contributed by atoms with Crippen molar-refractivity contribution in [3.63, 3.8) is 0 Å². The van der Waals surface area contributed by atoms with Crippen molar-refractivity contribution < 1.29 is 9.53 Å². The molecule has 0 amide bonds. The molecule has 2 aliphatic rings. The number of aromatic nitrogens is 2. The van der Waals surface area contributed by atoms with Crippen molar-refractivity contribution in [3.05, 3.63) is 50.1 Å². The van der Waals surface area contributed by atoms with Gasteiger partial charge in [0, 0.05) is 27.8 Å². The fourth-order valence-electron chi connectivity index (χ4n) is 4.97. The highest BCUT2D eigenvalue weighted by molar-refractivity contribution is 7.98. The molecule has 0 N–H and O–H groups in total. The number of nitrogens with zero attached hydrogens (tertiary/aromatic N) is 2. The molecular weight excluding hydrogens is 440 g/mol. The first-order chi connectivity index (χ1) is 15.6. The van der Waals surface area contributed by atoms with Gasteiger partial charge in [0.1, 0.15) is 10.6 Å². The number of benzene rings is 1.